The van der Waals surface area contributed by atoms with Crippen LogP contribution in [0.25, 0.3) is 111 Å². The minimum absolute atomic E-state index is 0.866. The standard InChI is InChI=1S/C58H40N4/c1-37-13-3-9-19-51(37)61-53-21-11-5-15-45(53)47-35-43(31-33-55(47)61)39-23-27-41(28-24-39)57-58(60-50-18-8-7-17-49(50)59-57)42-29-25-40(26-30-42)44-32-34-56-48(36-44)46-16-6-12-22-54(46)62(56)52-20-10-4-14-38(52)2/h3-36H,1-2H3. The Bertz CT molecular complexity index is 3460. The molecular formula is C58H40N4. The van der Waals surface area contributed by atoms with Crippen LogP contribution < -0.4 is 0 Å². The van der Waals surface area contributed by atoms with Crippen molar-refractivity contribution in [2.24, 2.45) is 0 Å². The molecule has 3 heterocycles. The van der Waals surface area contributed by atoms with E-state index in [-0.39, 0.29) is 0 Å². The third-order valence-corrected chi connectivity index (χ3v) is 12.6. The zero-order chi connectivity index (χ0) is 41.3. The number of benzene rings is 9. The molecule has 0 N–H and O–H groups in total. The highest BCUT2D eigenvalue weighted by Gasteiger charge is 2.18. The quantitative estimate of drug-likeness (QED) is 0.168. The van der Waals surface area contributed by atoms with Crippen molar-refractivity contribution in [3.8, 4) is 56.1 Å². The first-order valence-electron chi connectivity index (χ1n) is 21.2. The van der Waals surface area contributed by atoms with E-state index in [2.05, 4.69) is 205 Å². The molecule has 0 amide bonds. The highest BCUT2D eigenvalue weighted by molar-refractivity contribution is 6.11. The second-order valence-electron chi connectivity index (χ2n) is 16.3. The van der Waals surface area contributed by atoms with Crippen molar-refractivity contribution in [3.63, 3.8) is 0 Å². The van der Waals surface area contributed by atoms with Crippen LogP contribution in [0.2, 0.25) is 0 Å². The van der Waals surface area contributed by atoms with E-state index in [0.29, 0.717) is 0 Å². The lowest BCUT2D eigenvalue weighted by Crippen LogP contribution is -1.96. The van der Waals surface area contributed by atoms with Crippen molar-refractivity contribution in [2.75, 3.05) is 0 Å². The van der Waals surface area contributed by atoms with E-state index in [1.54, 1.807) is 0 Å². The van der Waals surface area contributed by atoms with Crippen LogP contribution >= 0.6 is 0 Å². The van der Waals surface area contributed by atoms with Gasteiger partial charge in [0.05, 0.1) is 44.5 Å². The maximum Gasteiger partial charge on any atom is 0.0973 e. The first-order chi connectivity index (χ1) is 30.6. The van der Waals surface area contributed by atoms with Crippen LogP contribution in [-0.2, 0) is 0 Å². The number of hydrogen-bond donors (Lipinski definition) is 0. The molecule has 0 aliphatic heterocycles. The Morgan fingerprint density at radius 3 is 1.06 bits per heavy atom. The summed E-state index contributed by atoms with van der Waals surface area (Å²) in [5, 5.41) is 4.98. The lowest BCUT2D eigenvalue weighted by atomic mass is 9.97. The van der Waals surface area contributed by atoms with Gasteiger partial charge in [-0.2, -0.15) is 0 Å². The van der Waals surface area contributed by atoms with Gasteiger partial charge in [-0.15, -0.1) is 0 Å². The molecule has 0 bridgehead atoms. The van der Waals surface area contributed by atoms with Gasteiger partial charge in [-0.25, -0.2) is 9.97 Å². The molecule has 3 aromatic heterocycles. The summed E-state index contributed by atoms with van der Waals surface area (Å²) in [5.41, 5.74) is 19.9. The Morgan fingerprint density at radius 1 is 0.290 bits per heavy atom. The van der Waals surface area contributed by atoms with Gasteiger partial charge in [0.1, 0.15) is 0 Å². The van der Waals surface area contributed by atoms with Gasteiger partial charge >= 0.3 is 0 Å². The Balaban J connectivity index is 0.914. The average molecular weight is 793 g/mol. The Kier molecular flexibility index (Phi) is 8.26. The molecule has 0 spiro atoms. The second-order valence-corrected chi connectivity index (χ2v) is 16.3. The van der Waals surface area contributed by atoms with E-state index in [1.807, 2.05) is 24.3 Å². The van der Waals surface area contributed by atoms with Gasteiger partial charge in [-0.05, 0) is 108 Å². The number of fused-ring (bicyclic) bond motifs is 7. The highest BCUT2D eigenvalue weighted by atomic mass is 15.0. The van der Waals surface area contributed by atoms with Crippen LogP contribution in [-0.4, -0.2) is 19.1 Å². The van der Waals surface area contributed by atoms with Gasteiger partial charge in [0.2, 0.25) is 0 Å². The molecule has 4 nitrogen and oxygen atoms in total. The first kappa shape index (κ1) is 35.8. The minimum atomic E-state index is 0.866. The zero-order valence-electron chi connectivity index (χ0n) is 34.4. The van der Waals surface area contributed by atoms with E-state index >= 15 is 0 Å². The van der Waals surface area contributed by atoms with Crippen molar-refractivity contribution in [1.82, 2.24) is 19.1 Å². The normalized spacial score (nSPS) is 11.7. The highest BCUT2D eigenvalue weighted by Crippen LogP contribution is 2.39. The molecule has 0 atom stereocenters. The van der Waals surface area contributed by atoms with E-state index in [9.17, 15) is 0 Å². The molecule has 0 saturated carbocycles. The molecule has 0 aliphatic rings. The molecule has 0 aliphatic carbocycles. The summed E-state index contributed by atoms with van der Waals surface area (Å²) in [6.45, 7) is 4.36. The third kappa shape index (κ3) is 5.76. The van der Waals surface area contributed by atoms with Crippen molar-refractivity contribution >= 4 is 54.6 Å². The summed E-state index contributed by atoms with van der Waals surface area (Å²) in [5.74, 6) is 0. The smallest absolute Gasteiger partial charge is 0.0973 e. The van der Waals surface area contributed by atoms with Gasteiger partial charge in [-0.1, -0.05) is 146 Å². The minimum Gasteiger partial charge on any atom is -0.309 e. The Hall–Kier alpha value is -8.08. The van der Waals surface area contributed by atoms with Gasteiger partial charge < -0.3 is 9.13 Å². The van der Waals surface area contributed by atoms with Crippen molar-refractivity contribution < 1.29 is 0 Å². The van der Waals surface area contributed by atoms with E-state index in [0.717, 1.165) is 44.7 Å². The average Bonchev–Trinajstić information content (AvgIpc) is 3.83. The number of aromatic nitrogens is 4. The summed E-state index contributed by atoms with van der Waals surface area (Å²) in [7, 11) is 0. The van der Waals surface area contributed by atoms with Crippen molar-refractivity contribution in [2.45, 2.75) is 13.8 Å². The molecule has 0 unspecified atom stereocenters. The lowest BCUT2D eigenvalue weighted by molar-refractivity contribution is 1.15. The number of hydrogen-bond acceptors (Lipinski definition) is 2. The van der Waals surface area contributed by atoms with Gasteiger partial charge in [0.25, 0.3) is 0 Å². The molecule has 4 heteroatoms. The number of para-hydroxylation sites is 6. The van der Waals surface area contributed by atoms with E-state index < -0.39 is 0 Å². The lowest BCUT2D eigenvalue weighted by Gasteiger charge is -2.13. The van der Waals surface area contributed by atoms with Gasteiger partial charge in [-0.3, -0.25) is 0 Å². The molecule has 9 aromatic carbocycles. The fourth-order valence-electron chi connectivity index (χ4n) is 9.50. The van der Waals surface area contributed by atoms with Crippen LogP contribution in [0.1, 0.15) is 11.1 Å². The summed E-state index contributed by atoms with van der Waals surface area (Å²) in [6, 6.07) is 74.1. The molecule has 12 aromatic rings. The third-order valence-electron chi connectivity index (χ3n) is 12.6. The van der Waals surface area contributed by atoms with Crippen molar-refractivity contribution in [3.05, 3.63) is 217 Å². The fraction of sp³-hybridized carbons (Fsp3) is 0.0345. The maximum absolute atomic E-state index is 5.25. The molecule has 0 saturated heterocycles. The van der Waals surface area contributed by atoms with Crippen LogP contribution in [0.15, 0.2) is 206 Å². The summed E-state index contributed by atoms with van der Waals surface area (Å²) in [4.78, 5) is 10.5. The maximum atomic E-state index is 5.25. The second kappa shape index (κ2) is 14.3. The molecular weight excluding hydrogens is 753 g/mol. The van der Waals surface area contributed by atoms with E-state index in [4.69, 9.17) is 9.97 Å². The van der Waals surface area contributed by atoms with Crippen LogP contribution in [0.5, 0.6) is 0 Å². The molecule has 62 heavy (non-hydrogen) atoms. The predicted octanol–water partition coefficient (Wildman–Crippen LogP) is 15.1. The first-order valence-corrected chi connectivity index (χ1v) is 21.2. The van der Waals surface area contributed by atoms with Crippen LogP contribution in [0.4, 0.5) is 0 Å². The molecule has 12 rings (SSSR count). The molecule has 0 radical (unpaired) electrons. The van der Waals surface area contributed by atoms with Crippen LogP contribution in [0, 0.1) is 13.8 Å². The Morgan fingerprint density at radius 2 is 0.629 bits per heavy atom. The van der Waals surface area contributed by atoms with Crippen molar-refractivity contribution in [1.29, 1.82) is 0 Å². The summed E-state index contributed by atoms with van der Waals surface area (Å²) < 4.78 is 4.79. The summed E-state index contributed by atoms with van der Waals surface area (Å²) >= 11 is 0. The SMILES string of the molecule is Cc1ccccc1-n1c2ccccc2c2cc(-c3ccc(-c4nc5ccccc5nc4-c4ccc(-c5ccc6c(c5)c5ccccc5n6-c5ccccc5C)cc4)cc3)ccc21. The van der Waals surface area contributed by atoms with E-state index in [1.165, 1.54) is 77.2 Å². The largest absolute Gasteiger partial charge is 0.309 e. The van der Waals surface area contributed by atoms with Gasteiger partial charge in [0, 0.05) is 44.0 Å². The monoisotopic (exact) mass is 792 g/mol. The molecule has 0 fully saturated rings. The fourth-order valence-corrected chi connectivity index (χ4v) is 9.50. The number of nitrogens with zero attached hydrogens (tertiary/aromatic N) is 4. The Labute approximate surface area is 359 Å². The van der Waals surface area contributed by atoms with Gasteiger partial charge in [0.15, 0.2) is 0 Å². The summed E-state index contributed by atoms with van der Waals surface area (Å²) in [6.07, 6.45) is 0. The van der Waals surface area contributed by atoms with Crippen LogP contribution in [0.3, 0.4) is 0 Å². The molecule has 292 valence electrons. The zero-order valence-corrected chi connectivity index (χ0v) is 34.4. The topological polar surface area (TPSA) is 35.6 Å². The predicted molar refractivity (Wildman–Crippen MR) is 259 cm³/mol. The number of aryl methyl sites for hydroxylation is 2. The number of rotatable bonds is 6.